The van der Waals surface area contributed by atoms with E-state index in [0.717, 1.165) is 5.04 Å². The molecule has 0 saturated heterocycles. The van der Waals surface area contributed by atoms with Crippen molar-refractivity contribution in [3.8, 4) is 0 Å². The smallest absolute Gasteiger partial charge is 0.251 e. The Morgan fingerprint density at radius 1 is 1.52 bits per heavy atom. The number of nitrogens with zero attached hydrogens (tertiary/aromatic N) is 1. The predicted octanol–water partition coefficient (Wildman–Crippen LogP) is 0.713. The largest absolute Gasteiger partial charge is 0.396 e. The third-order valence-electron chi connectivity index (χ3n) is 3.42. The summed E-state index contributed by atoms with van der Waals surface area (Å²) in [7, 11) is 0. The fraction of sp³-hybridized carbons (Fsp3) is 0.786. The summed E-state index contributed by atoms with van der Waals surface area (Å²) in [6.45, 7) is 4.78. The fourth-order valence-electron chi connectivity index (χ4n) is 1.74. The minimum absolute atomic E-state index is 0.200. The standard InChI is InChI=1S/C14H24N2O4S/c1-4-9(18)5-6-11-15-10(7-21-11)16-13(20)12(19)14(2,3)8-17/h10,12,17,19H,4-8H2,1-3H3,(H,16,20)/t10?,12-/m0/s1. The van der Waals surface area contributed by atoms with E-state index < -0.39 is 17.4 Å². The van der Waals surface area contributed by atoms with Crippen molar-refractivity contribution < 1.29 is 19.8 Å². The summed E-state index contributed by atoms with van der Waals surface area (Å²) in [5, 5.41) is 22.6. The summed E-state index contributed by atoms with van der Waals surface area (Å²) < 4.78 is 0. The van der Waals surface area contributed by atoms with Crippen LogP contribution in [0.3, 0.4) is 0 Å². The molecule has 0 aromatic rings. The molecule has 120 valence electrons. The van der Waals surface area contributed by atoms with Gasteiger partial charge in [0.15, 0.2) is 0 Å². The van der Waals surface area contributed by atoms with Gasteiger partial charge in [0.05, 0.1) is 11.7 Å². The normalized spacial score (nSPS) is 20.0. The number of Topliss-reactive ketones (excluding diaryl/α,β-unsaturated/α-hetero) is 1. The van der Waals surface area contributed by atoms with Crippen LogP contribution in [0.15, 0.2) is 4.99 Å². The monoisotopic (exact) mass is 316 g/mol. The lowest BCUT2D eigenvalue weighted by Gasteiger charge is -2.27. The topological polar surface area (TPSA) is 99.0 Å². The summed E-state index contributed by atoms with van der Waals surface area (Å²) in [6, 6.07) is 0. The molecule has 0 saturated carbocycles. The number of carbonyl (C=O) groups excluding carboxylic acids is 2. The average Bonchev–Trinajstić information content (AvgIpc) is 2.91. The van der Waals surface area contributed by atoms with E-state index in [9.17, 15) is 14.7 Å². The van der Waals surface area contributed by atoms with Crippen LogP contribution < -0.4 is 5.32 Å². The molecule has 0 fully saturated rings. The molecule has 0 aromatic heterocycles. The SMILES string of the molecule is CCC(=O)CCC1=NC(NC(=O)[C@H](O)C(C)(C)CO)CS1. The number of aliphatic hydroxyl groups is 2. The Hall–Kier alpha value is -0.920. The highest BCUT2D eigenvalue weighted by Crippen LogP contribution is 2.22. The molecule has 1 heterocycles. The molecule has 7 heteroatoms. The van der Waals surface area contributed by atoms with E-state index >= 15 is 0 Å². The van der Waals surface area contributed by atoms with Gasteiger partial charge in [0, 0.05) is 30.4 Å². The summed E-state index contributed by atoms with van der Waals surface area (Å²) >= 11 is 1.52. The molecule has 1 rings (SSSR count). The first-order valence-electron chi connectivity index (χ1n) is 7.10. The van der Waals surface area contributed by atoms with E-state index in [4.69, 9.17) is 5.11 Å². The van der Waals surface area contributed by atoms with Crippen LogP contribution in [-0.2, 0) is 9.59 Å². The zero-order valence-corrected chi connectivity index (χ0v) is 13.6. The molecule has 1 aliphatic heterocycles. The van der Waals surface area contributed by atoms with Crippen molar-refractivity contribution >= 4 is 28.5 Å². The molecule has 0 aromatic carbocycles. The molecule has 0 spiro atoms. The summed E-state index contributed by atoms with van der Waals surface area (Å²) in [6.07, 6.45) is -0.0511. The zero-order chi connectivity index (χ0) is 16.0. The van der Waals surface area contributed by atoms with Crippen LogP contribution >= 0.6 is 11.8 Å². The number of hydrogen-bond donors (Lipinski definition) is 3. The minimum atomic E-state index is -1.28. The molecule has 0 radical (unpaired) electrons. The minimum Gasteiger partial charge on any atom is -0.396 e. The maximum Gasteiger partial charge on any atom is 0.251 e. The molecule has 6 nitrogen and oxygen atoms in total. The molecule has 21 heavy (non-hydrogen) atoms. The van der Waals surface area contributed by atoms with Gasteiger partial charge in [0.2, 0.25) is 0 Å². The maximum absolute atomic E-state index is 11.9. The van der Waals surface area contributed by atoms with Gasteiger partial charge in [-0.2, -0.15) is 0 Å². The van der Waals surface area contributed by atoms with Gasteiger partial charge >= 0.3 is 0 Å². The molecular weight excluding hydrogens is 292 g/mol. The van der Waals surface area contributed by atoms with Crippen molar-refractivity contribution in [1.29, 1.82) is 0 Å². The second kappa shape index (κ2) is 7.91. The fourth-order valence-corrected chi connectivity index (χ4v) is 2.70. The molecule has 2 atom stereocenters. The number of aliphatic hydroxyl groups excluding tert-OH is 2. The van der Waals surface area contributed by atoms with Crippen LogP contribution in [0.25, 0.3) is 0 Å². The number of carbonyl (C=O) groups is 2. The van der Waals surface area contributed by atoms with E-state index in [1.165, 1.54) is 11.8 Å². The highest BCUT2D eigenvalue weighted by molar-refractivity contribution is 8.14. The van der Waals surface area contributed by atoms with Gasteiger partial charge in [-0.1, -0.05) is 20.8 Å². The van der Waals surface area contributed by atoms with Crippen molar-refractivity contribution in [3.63, 3.8) is 0 Å². The van der Waals surface area contributed by atoms with E-state index in [2.05, 4.69) is 10.3 Å². The maximum atomic E-state index is 11.9. The number of thioether (sulfide) groups is 1. The second-order valence-corrected chi connectivity index (χ2v) is 6.89. The van der Waals surface area contributed by atoms with Crippen LogP contribution in [-0.4, -0.2) is 51.6 Å². The first-order valence-corrected chi connectivity index (χ1v) is 8.09. The van der Waals surface area contributed by atoms with Gasteiger partial charge < -0.3 is 15.5 Å². The van der Waals surface area contributed by atoms with Crippen molar-refractivity contribution in [2.75, 3.05) is 12.4 Å². The van der Waals surface area contributed by atoms with Gasteiger partial charge in [-0.05, 0) is 0 Å². The molecule has 1 unspecified atom stereocenters. The van der Waals surface area contributed by atoms with Gasteiger partial charge in [-0.15, -0.1) is 11.8 Å². The predicted molar refractivity (Wildman–Crippen MR) is 83.2 cm³/mol. The van der Waals surface area contributed by atoms with Crippen molar-refractivity contribution in [3.05, 3.63) is 0 Å². The number of hydrogen-bond acceptors (Lipinski definition) is 6. The lowest BCUT2D eigenvalue weighted by atomic mass is 9.87. The number of rotatable bonds is 8. The molecule has 0 aliphatic carbocycles. The molecule has 3 N–H and O–H groups in total. The van der Waals surface area contributed by atoms with Crippen molar-refractivity contribution in [1.82, 2.24) is 5.32 Å². The number of aliphatic imine (C=N–C) groups is 1. The number of nitrogens with one attached hydrogen (secondary N) is 1. The summed E-state index contributed by atoms with van der Waals surface area (Å²) in [4.78, 5) is 27.5. The molecular formula is C14H24N2O4S. The Morgan fingerprint density at radius 3 is 2.76 bits per heavy atom. The van der Waals surface area contributed by atoms with E-state index in [0.29, 0.717) is 25.0 Å². The van der Waals surface area contributed by atoms with Crippen LogP contribution in [0.1, 0.15) is 40.0 Å². The Balaban J connectivity index is 2.48. The average molecular weight is 316 g/mol. The highest BCUT2D eigenvalue weighted by Gasteiger charge is 2.34. The van der Waals surface area contributed by atoms with Gasteiger partial charge in [0.1, 0.15) is 18.1 Å². The Morgan fingerprint density at radius 2 is 2.19 bits per heavy atom. The lowest BCUT2D eigenvalue weighted by Crippen LogP contribution is -2.48. The van der Waals surface area contributed by atoms with E-state index in [1.54, 1.807) is 13.8 Å². The highest BCUT2D eigenvalue weighted by atomic mass is 32.2. The van der Waals surface area contributed by atoms with Gasteiger partial charge in [-0.25, -0.2) is 0 Å². The third kappa shape index (κ3) is 5.41. The van der Waals surface area contributed by atoms with E-state index in [-0.39, 0.29) is 18.6 Å². The van der Waals surface area contributed by atoms with Crippen LogP contribution in [0.2, 0.25) is 0 Å². The van der Waals surface area contributed by atoms with Crippen LogP contribution in [0, 0.1) is 5.41 Å². The quantitative estimate of drug-likeness (QED) is 0.612. The second-order valence-electron chi connectivity index (χ2n) is 5.80. The molecule has 1 aliphatic rings. The molecule has 1 amide bonds. The summed E-state index contributed by atoms with van der Waals surface area (Å²) in [5.74, 6) is 0.272. The van der Waals surface area contributed by atoms with Crippen molar-refractivity contribution in [2.45, 2.75) is 52.3 Å². The third-order valence-corrected chi connectivity index (χ3v) is 4.55. The number of ketones is 1. The molecule has 0 bridgehead atoms. The van der Waals surface area contributed by atoms with E-state index in [1.807, 2.05) is 6.92 Å². The Labute approximate surface area is 129 Å². The Kier molecular flexibility index (Phi) is 6.83. The Bertz CT molecular complexity index is 423. The van der Waals surface area contributed by atoms with Crippen LogP contribution in [0.4, 0.5) is 0 Å². The van der Waals surface area contributed by atoms with Crippen LogP contribution in [0.5, 0.6) is 0 Å². The first kappa shape index (κ1) is 18.1. The zero-order valence-electron chi connectivity index (χ0n) is 12.8. The van der Waals surface area contributed by atoms with Gasteiger partial charge in [-0.3, -0.25) is 14.6 Å². The number of amides is 1. The summed E-state index contributed by atoms with van der Waals surface area (Å²) in [5.41, 5.74) is -0.893. The van der Waals surface area contributed by atoms with Gasteiger partial charge in [0.25, 0.3) is 5.91 Å². The van der Waals surface area contributed by atoms with Crippen molar-refractivity contribution in [2.24, 2.45) is 10.4 Å². The first-order chi connectivity index (χ1) is 9.80. The lowest BCUT2D eigenvalue weighted by molar-refractivity contribution is -0.137.